The fraction of sp³-hybridized carbons (Fsp3) is 0.556. The van der Waals surface area contributed by atoms with Crippen molar-refractivity contribution < 1.29 is 14.3 Å². The van der Waals surface area contributed by atoms with Crippen LogP contribution in [0.4, 0.5) is 0 Å². The lowest BCUT2D eigenvalue weighted by molar-refractivity contribution is -0.133. The Labute approximate surface area is 143 Å². The van der Waals surface area contributed by atoms with Crippen LogP contribution in [0.5, 0.6) is 5.75 Å². The Kier molecular flexibility index (Phi) is 6.61. The second kappa shape index (κ2) is 8.68. The predicted molar refractivity (Wildman–Crippen MR) is 92.7 cm³/mol. The molecule has 6 heteroatoms. The molecule has 1 saturated heterocycles. The maximum absolute atomic E-state index is 12.3. The van der Waals surface area contributed by atoms with Crippen LogP contribution in [0.1, 0.15) is 25.8 Å². The fourth-order valence-electron chi connectivity index (χ4n) is 2.84. The Bertz CT molecular complexity index is 557. The Morgan fingerprint density at radius 3 is 2.46 bits per heavy atom. The van der Waals surface area contributed by atoms with Gasteiger partial charge in [-0.1, -0.05) is 12.1 Å². The summed E-state index contributed by atoms with van der Waals surface area (Å²) in [7, 11) is 0. The molecule has 2 amide bonds. The number of benzene rings is 1. The van der Waals surface area contributed by atoms with Gasteiger partial charge in [-0.05, 0) is 38.0 Å². The average Bonchev–Trinajstić information content (AvgIpc) is 2.79. The number of hydrogen-bond acceptors (Lipinski definition) is 4. The number of ether oxygens (including phenoxy) is 1. The third-order valence-electron chi connectivity index (χ3n) is 4.28. The first-order chi connectivity index (χ1) is 11.5. The number of nitrogens with two attached hydrogens (primary N) is 1. The summed E-state index contributed by atoms with van der Waals surface area (Å²) < 4.78 is 5.58. The van der Waals surface area contributed by atoms with Gasteiger partial charge >= 0.3 is 0 Å². The number of rotatable bonds is 6. The van der Waals surface area contributed by atoms with Crippen LogP contribution in [0.2, 0.25) is 0 Å². The van der Waals surface area contributed by atoms with E-state index in [4.69, 9.17) is 10.5 Å². The van der Waals surface area contributed by atoms with E-state index in [9.17, 15) is 9.59 Å². The van der Waals surface area contributed by atoms with Crippen LogP contribution in [0.25, 0.3) is 0 Å². The molecule has 0 atom stereocenters. The average molecular weight is 333 g/mol. The molecule has 0 radical (unpaired) electrons. The van der Waals surface area contributed by atoms with E-state index in [1.54, 1.807) is 24.3 Å². The van der Waals surface area contributed by atoms with E-state index in [1.165, 1.54) is 0 Å². The molecule has 6 nitrogen and oxygen atoms in total. The van der Waals surface area contributed by atoms with Crippen LogP contribution in [-0.4, -0.2) is 60.4 Å². The van der Waals surface area contributed by atoms with Gasteiger partial charge in [-0.3, -0.25) is 14.5 Å². The zero-order chi connectivity index (χ0) is 17.5. The van der Waals surface area contributed by atoms with E-state index in [0.29, 0.717) is 11.8 Å². The van der Waals surface area contributed by atoms with Crippen molar-refractivity contribution >= 4 is 11.8 Å². The summed E-state index contributed by atoms with van der Waals surface area (Å²) in [6.45, 7) is 7.87. The number of carbonyl (C=O) groups is 2. The lowest BCUT2D eigenvalue weighted by Gasteiger charge is -2.24. The second-order valence-corrected chi connectivity index (χ2v) is 6.44. The molecule has 2 N–H and O–H groups in total. The summed E-state index contributed by atoms with van der Waals surface area (Å²) in [4.78, 5) is 27.5. The van der Waals surface area contributed by atoms with Gasteiger partial charge in [0.1, 0.15) is 5.75 Å². The zero-order valence-corrected chi connectivity index (χ0v) is 14.5. The maximum Gasteiger partial charge on any atom is 0.260 e. The molecule has 2 rings (SSSR count). The fourth-order valence-corrected chi connectivity index (χ4v) is 2.84. The van der Waals surface area contributed by atoms with Crippen LogP contribution < -0.4 is 10.5 Å². The van der Waals surface area contributed by atoms with Crippen molar-refractivity contribution in [3.05, 3.63) is 29.8 Å². The molecule has 0 unspecified atom stereocenters. The Morgan fingerprint density at radius 2 is 1.83 bits per heavy atom. The highest BCUT2D eigenvalue weighted by molar-refractivity contribution is 5.78. The molecule has 0 aromatic heterocycles. The third-order valence-corrected chi connectivity index (χ3v) is 4.28. The van der Waals surface area contributed by atoms with Gasteiger partial charge in [-0.2, -0.15) is 0 Å². The summed E-state index contributed by atoms with van der Waals surface area (Å²) in [5, 5.41) is 0. The van der Waals surface area contributed by atoms with Crippen LogP contribution in [0, 0.1) is 0 Å². The molecular formula is C18H27N3O3. The molecule has 1 aliphatic heterocycles. The molecule has 0 saturated carbocycles. The number of primary amides is 1. The second-order valence-electron chi connectivity index (χ2n) is 6.44. The minimum Gasteiger partial charge on any atom is -0.484 e. The molecule has 132 valence electrons. The molecule has 1 aliphatic rings. The van der Waals surface area contributed by atoms with Gasteiger partial charge < -0.3 is 15.4 Å². The van der Waals surface area contributed by atoms with E-state index < -0.39 is 0 Å². The van der Waals surface area contributed by atoms with E-state index in [0.717, 1.165) is 38.2 Å². The first kappa shape index (κ1) is 18.3. The van der Waals surface area contributed by atoms with Crippen molar-refractivity contribution in [2.45, 2.75) is 32.7 Å². The topological polar surface area (TPSA) is 75.9 Å². The van der Waals surface area contributed by atoms with Crippen molar-refractivity contribution in [3.63, 3.8) is 0 Å². The smallest absolute Gasteiger partial charge is 0.260 e. The van der Waals surface area contributed by atoms with Crippen LogP contribution >= 0.6 is 0 Å². The lowest BCUT2D eigenvalue weighted by atomic mass is 10.1. The molecule has 0 aliphatic carbocycles. The molecule has 1 heterocycles. The number of nitrogens with zero attached hydrogens (tertiary/aromatic N) is 2. The predicted octanol–water partition coefficient (Wildman–Crippen LogP) is 1.04. The highest BCUT2D eigenvalue weighted by atomic mass is 16.5. The summed E-state index contributed by atoms with van der Waals surface area (Å²) in [6.07, 6.45) is 1.20. The minimum absolute atomic E-state index is 0.0156. The van der Waals surface area contributed by atoms with Crippen LogP contribution in [-0.2, 0) is 16.0 Å². The number of amides is 2. The molecule has 24 heavy (non-hydrogen) atoms. The monoisotopic (exact) mass is 333 g/mol. The van der Waals surface area contributed by atoms with Crippen LogP contribution in [0.15, 0.2) is 24.3 Å². The number of hydrogen-bond donors (Lipinski definition) is 1. The summed E-state index contributed by atoms with van der Waals surface area (Å²) >= 11 is 0. The normalized spacial score (nSPS) is 16.0. The third kappa shape index (κ3) is 5.53. The SMILES string of the molecule is CC(C)N1CCCN(C(=O)COc2ccc(CC(N)=O)cc2)CC1. The van der Waals surface area contributed by atoms with Gasteiger partial charge in [0, 0.05) is 32.2 Å². The van der Waals surface area contributed by atoms with Crippen molar-refractivity contribution in [2.24, 2.45) is 5.73 Å². The highest BCUT2D eigenvalue weighted by Gasteiger charge is 2.20. The largest absolute Gasteiger partial charge is 0.484 e. The van der Waals surface area contributed by atoms with E-state index in [1.807, 2.05) is 4.90 Å². The quantitative estimate of drug-likeness (QED) is 0.844. The number of carbonyl (C=O) groups excluding carboxylic acids is 2. The van der Waals surface area contributed by atoms with Gasteiger partial charge in [0.05, 0.1) is 6.42 Å². The Balaban J connectivity index is 1.81. The van der Waals surface area contributed by atoms with Gasteiger partial charge in [0.2, 0.25) is 5.91 Å². The first-order valence-electron chi connectivity index (χ1n) is 8.47. The van der Waals surface area contributed by atoms with Gasteiger partial charge in [0.25, 0.3) is 5.91 Å². The molecule has 1 fully saturated rings. The van der Waals surface area contributed by atoms with Crippen LogP contribution in [0.3, 0.4) is 0 Å². The van der Waals surface area contributed by atoms with Gasteiger partial charge in [0.15, 0.2) is 6.61 Å². The van der Waals surface area contributed by atoms with Crippen molar-refractivity contribution in [1.82, 2.24) is 9.80 Å². The van der Waals surface area contributed by atoms with E-state index in [2.05, 4.69) is 18.7 Å². The Hall–Kier alpha value is -2.08. The van der Waals surface area contributed by atoms with Crippen molar-refractivity contribution in [2.75, 3.05) is 32.8 Å². The molecule has 1 aromatic rings. The van der Waals surface area contributed by atoms with Crippen molar-refractivity contribution in [1.29, 1.82) is 0 Å². The molecule has 0 bridgehead atoms. The molecule has 0 spiro atoms. The lowest BCUT2D eigenvalue weighted by Crippen LogP contribution is -2.39. The maximum atomic E-state index is 12.3. The van der Waals surface area contributed by atoms with Crippen molar-refractivity contribution in [3.8, 4) is 5.75 Å². The zero-order valence-electron chi connectivity index (χ0n) is 14.5. The minimum atomic E-state index is -0.365. The molecule has 1 aromatic carbocycles. The van der Waals surface area contributed by atoms with E-state index in [-0.39, 0.29) is 24.8 Å². The molecular weight excluding hydrogens is 306 g/mol. The highest BCUT2D eigenvalue weighted by Crippen LogP contribution is 2.13. The first-order valence-corrected chi connectivity index (χ1v) is 8.47. The Morgan fingerprint density at radius 1 is 1.12 bits per heavy atom. The summed E-state index contributed by atoms with van der Waals surface area (Å²) in [5.41, 5.74) is 6.00. The summed E-state index contributed by atoms with van der Waals surface area (Å²) in [6, 6.07) is 7.60. The van der Waals surface area contributed by atoms with E-state index >= 15 is 0 Å². The standard InChI is InChI=1S/C18H27N3O3/c1-14(2)20-8-3-9-21(11-10-20)18(23)13-24-16-6-4-15(5-7-16)12-17(19)22/h4-7,14H,3,8-13H2,1-2H3,(H2,19,22). The van der Waals surface area contributed by atoms with Gasteiger partial charge in [-0.15, -0.1) is 0 Å². The van der Waals surface area contributed by atoms with Gasteiger partial charge in [-0.25, -0.2) is 0 Å². The summed E-state index contributed by atoms with van der Waals surface area (Å²) in [5.74, 6) is 0.271.